The van der Waals surface area contributed by atoms with E-state index in [1.807, 2.05) is 6.92 Å². The summed E-state index contributed by atoms with van der Waals surface area (Å²) in [5.41, 5.74) is 0.353. The predicted octanol–water partition coefficient (Wildman–Crippen LogP) is 1.52. The van der Waals surface area contributed by atoms with E-state index in [9.17, 15) is 4.39 Å². The fourth-order valence-corrected chi connectivity index (χ4v) is 0.949. The fourth-order valence-electron chi connectivity index (χ4n) is 0.949. The zero-order chi connectivity index (χ0) is 9.68. The number of halogens is 1. The fraction of sp³-hybridized carbons (Fsp3) is 0.222. The van der Waals surface area contributed by atoms with Gasteiger partial charge in [0.25, 0.3) is 0 Å². The number of rotatable bonds is 3. The summed E-state index contributed by atoms with van der Waals surface area (Å²) in [7, 11) is 0. The molecule has 0 aliphatic heterocycles. The lowest BCUT2D eigenvalue weighted by Gasteiger charge is -2.03. The van der Waals surface area contributed by atoms with Gasteiger partial charge < -0.3 is 10.6 Å². The van der Waals surface area contributed by atoms with Crippen molar-refractivity contribution in [2.24, 2.45) is 10.9 Å². The van der Waals surface area contributed by atoms with Crippen LogP contribution in [0, 0.1) is 5.82 Å². The van der Waals surface area contributed by atoms with E-state index in [-0.39, 0.29) is 5.82 Å². The number of hydrazone groups is 1. The van der Waals surface area contributed by atoms with Crippen LogP contribution < -0.4 is 10.6 Å². The molecule has 1 aromatic rings. The van der Waals surface area contributed by atoms with E-state index in [0.29, 0.717) is 17.9 Å². The number of nitrogens with zero attached hydrogens (tertiary/aromatic N) is 1. The Bertz CT molecular complexity index is 312. The van der Waals surface area contributed by atoms with E-state index in [1.54, 1.807) is 12.1 Å². The lowest BCUT2D eigenvalue weighted by atomic mass is 10.2. The van der Waals surface area contributed by atoms with Crippen LogP contribution in [0.25, 0.3) is 0 Å². The largest absolute Gasteiger partial charge is 0.494 e. The summed E-state index contributed by atoms with van der Waals surface area (Å²) in [4.78, 5) is 0. The zero-order valence-corrected chi connectivity index (χ0v) is 7.33. The Morgan fingerprint density at radius 1 is 1.62 bits per heavy atom. The van der Waals surface area contributed by atoms with E-state index in [1.165, 1.54) is 12.3 Å². The molecular weight excluding hydrogens is 171 g/mol. The highest BCUT2D eigenvalue weighted by Gasteiger charge is 2.01. The summed E-state index contributed by atoms with van der Waals surface area (Å²) >= 11 is 0. The van der Waals surface area contributed by atoms with Crippen molar-refractivity contribution in [1.82, 2.24) is 0 Å². The second-order valence-corrected chi connectivity index (χ2v) is 2.39. The minimum Gasteiger partial charge on any atom is -0.494 e. The zero-order valence-electron chi connectivity index (χ0n) is 7.33. The van der Waals surface area contributed by atoms with Gasteiger partial charge in [0.15, 0.2) is 0 Å². The Balaban J connectivity index is 2.91. The van der Waals surface area contributed by atoms with Crippen molar-refractivity contribution in [3.63, 3.8) is 0 Å². The summed E-state index contributed by atoms with van der Waals surface area (Å²) < 4.78 is 18.2. The first-order valence-electron chi connectivity index (χ1n) is 3.93. The van der Waals surface area contributed by atoms with Crippen molar-refractivity contribution in [2.45, 2.75) is 6.92 Å². The maximum absolute atomic E-state index is 13.1. The van der Waals surface area contributed by atoms with Crippen LogP contribution >= 0.6 is 0 Å². The molecule has 0 saturated carbocycles. The van der Waals surface area contributed by atoms with Crippen LogP contribution in [0.15, 0.2) is 23.3 Å². The van der Waals surface area contributed by atoms with E-state index in [2.05, 4.69) is 5.10 Å². The van der Waals surface area contributed by atoms with Crippen LogP contribution in [0.1, 0.15) is 12.5 Å². The molecule has 4 heteroatoms. The third-order valence-electron chi connectivity index (χ3n) is 1.50. The molecule has 2 N–H and O–H groups in total. The molecule has 0 bridgehead atoms. The molecule has 0 fully saturated rings. The molecule has 0 heterocycles. The highest BCUT2D eigenvalue weighted by Crippen LogP contribution is 2.15. The Kier molecular flexibility index (Phi) is 3.25. The van der Waals surface area contributed by atoms with Crippen molar-refractivity contribution < 1.29 is 9.13 Å². The Labute approximate surface area is 76.0 Å². The van der Waals surface area contributed by atoms with E-state index in [4.69, 9.17) is 10.6 Å². The van der Waals surface area contributed by atoms with Crippen LogP contribution in [0.4, 0.5) is 4.39 Å². The van der Waals surface area contributed by atoms with E-state index >= 15 is 0 Å². The summed E-state index contributed by atoms with van der Waals surface area (Å²) in [5, 5.41) is 3.24. The molecular formula is C9H11FN2O. The average molecular weight is 182 g/mol. The van der Waals surface area contributed by atoms with E-state index < -0.39 is 0 Å². The van der Waals surface area contributed by atoms with Gasteiger partial charge >= 0.3 is 0 Å². The normalized spacial score (nSPS) is 10.6. The molecule has 70 valence electrons. The topological polar surface area (TPSA) is 47.6 Å². The van der Waals surface area contributed by atoms with Crippen LogP contribution in [-0.2, 0) is 0 Å². The van der Waals surface area contributed by atoms with E-state index in [0.717, 1.165) is 0 Å². The quantitative estimate of drug-likeness (QED) is 0.437. The van der Waals surface area contributed by atoms with Crippen LogP contribution in [-0.4, -0.2) is 12.8 Å². The highest BCUT2D eigenvalue weighted by molar-refractivity contribution is 5.79. The second-order valence-electron chi connectivity index (χ2n) is 2.39. The van der Waals surface area contributed by atoms with Crippen LogP contribution in [0.3, 0.4) is 0 Å². The Morgan fingerprint density at radius 2 is 2.38 bits per heavy atom. The molecule has 0 unspecified atom stereocenters. The Morgan fingerprint density at radius 3 is 2.92 bits per heavy atom. The van der Waals surface area contributed by atoms with Crippen LogP contribution in [0.2, 0.25) is 0 Å². The molecule has 0 saturated heterocycles. The maximum atomic E-state index is 13.1. The van der Waals surface area contributed by atoms with Gasteiger partial charge in [-0.1, -0.05) is 0 Å². The van der Waals surface area contributed by atoms with Gasteiger partial charge in [0.1, 0.15) is 11.6 Å². The summed E-state index contributed by atoms with van der Waals surface area (Å²) in [6.07, 6.45) is 1.26. The molecule has 0 aliphatic rings. The third-order valence-corrected chi connectivity index (χ3v) is 1.50. The summed E-state index contributed by atoms with van der Waals surface area (Å²) in [5.74, 6) is 5.02. The first kappa shape index (κ1) is 9.51. The molecule has 0 aliphatic carbocycles. The minimum atomic E-state index is -0.389. The van der Waals surface area contributed by atoms with Gasteiger partial charge in [0.2, 0.25) is 0 Å². The molecule has 1 aromatic carbocycles. The average Bonchev–Trinajstić information content (AvgIpc) is 2.10. The van der Waals surface area contributed by atoms with Crippen molar-refractivity contribution in [1.29, 1.82) is 0 Å². The van der Waals surface area contributed by atoms with Gasteiger partial charge in [-0.05, 0) is 19.1 Å². The third kappa shape index (κ3) is 2.43. The molecule has 1 rings (SSSR count). The lowest BCUT2D eigenvalue weighted by Crippen LogP contribution is -1.95. The first-order valence-corrected chi connectivity index (χ1v) is 3.93. The van der Waals surface area contributed by atoms with Gasteiger partial charge in [0.05, 0.1) is 12.8 Å². The summed E-state index contributed by atoms with van der Waals surface area (Å²) in [6, 6.07) is 4.54. The smallest absolute Gasteiger partial charge is 0.135 e. The Hall–Kier alpha value is -1.58. The van der Waals surface area contributed by atoms with Gasteiger partial charge in [-0.15, -0.1) is 0 Å². The number of benzene rings is 1. The minimum absolute atomic E-state index is 0.353. The number of nitrogens with two attached hydrogens (primary N) is 1. The van der Waals surface area contributed by atoms with Crippen molar-refractivity contribution in [3.05, 3.63) is 29.6 Å². The summed E-state index contributed by atoms with van der Waals surface area (Å²) in [6.45, 7) is 2.36. The van der Waals surface area contributed by atoms with Crippen molar-refractivity contribution in [2.75, 3.05) is 6.61 Å². The predicted molar refractivity (Wildman–Crippen MR) is 49.4 cm³/mol. The van der Waals surface area contributed by atoms with Gasteiger partial charge in [-0.3, -0.25) is 0 Å². The monoisotopic (exact) mass is 182 g/mol. The van der Waals surface area contributed by atoms with Crippen molar-refractivity contribution >= 4 is 6.21 Å². The molecule has 3 nitrogen and oxygen atoms in total. The lowest BCUT2D eigenvalue weighted by molar-refractivity contribution is 0.338. The molecule has 0 amide bonds. The molecule has 0 aromatic heterocycles. The number of ether oxygens (including phenoxy) is 1. The van der Waals surface area contributed by atoms with Gasteiger partial charge in [-0.2, -0.15) is 5.10 Å². The molecule has 0 radical (unpaired) electrons. The van der Waals surface area contributed by atoms with Gasteiger partial charge in [-0.25, -0.2) is 4.39 Å². The van der Waals surface area contributed by atoms with Gasteiger partial charge in [0, 0.05) is 11.6 Å². The van der Waals surface area contributed by atoms with Crippen molar-refractivity contribution in [3.8, 4) is 5.75 Å². The highest BCUT2D eigenvalue weighted by atomic mass is 19.1. The standard InChI is InChI=1S/C9H11FN2O/c1-2-13-8-4-3-7(6-12-11)9(10)5-8/h3-6H,2,11H2,1H3. The number of hydrogen-bond acceptors (Lipinski definition) is 3. The SMILES string of the molecule is CCOc1ccc(C=NN)c(F)c1. The molecule has 0 spiro atoms. The second kappa shape index (κ2) is 4.45. The van der Waals surface area contributed by atoms with Crippen LogP contribution in [0.5, 0.6) is 5.75 Å². The molecule has 13 heavy (non-hydrogen) atoms. The first-order chi connectivity index (χ1) is 6.27. The molecule has 0 atom stereocenters. The number of hydrogen-bond donors (Lipinski definition) is 1. The maximum Gasteiger partial charge on any atom is 0.135 e.